The Bertz CT molecular complexity index is 867. The predicted molar refractivity (Wildman–Crippen MR) is 107 cm³/mol. The Labute approximate surface area is 163 Å². The molecule has 1 fully saturated rings. The average Bonchev–Trinajstić information content (AvgIpc) is 2.73. The number of piperazine rings is 1. The molecular weight excluding hydrogens is 362 g/mol. The van der Waals surface area contributed by atoms with Gasteiger partial charge in [0.2, 0.25) is 0 Å². The van der Waals surface area contributed by atoms with Gasteiger partial charge in [-0.25, -0.2) is 9.29 Å². The van der Waals surface area contributed by atoms with Gasteiger partial charge in [-0.05, 0) is 43.4 Å². The van der Waals surface area contributed by atoms with Crippen molar-refractivity contribution in [3.63, 3.8) is 0 Å². The van der Waals surface area contributed by atoms with E-state index in [1.54, 1.807) is 47.0 Å². The van der Waals surface area contributed by atoms with Crippen LogP contribution >= 0.6 is 11.9 Å². The molecule has 1 aliphatic heterocycles. The van der Waals surface area contributed by atoms with Crippen molar-refractivity contribution in [3.05, 3.63) is 52.1 Å². The van der Waals surface area contributed by atoms with Crippen LogP contribution in [0.3, 0.4) is 0 Å². The number of aliphatic hydroxyl groups is 1. The summed E-state index contributed by atoms with van der Waals surface area (Å²) in [6.07, 6.45) is 4.99. The first-order valence-electron chi connectivity index (χ1n) is 8.94. The van der Waals surface area contributed by atoms with Crippen molar-refractivity contribution in [2.75, 3.05) is 43.9 Å². The van der Waals surface area contributed by atoms with Gasteiger partial charge in [-0.1, -0.05) is 11.9 Å². The number of anilines is 1. The zero-order valence-corrected chi connectivity index (χ0v) is 16.2. The maximum absolute atomic E-state index is 13.1. The van der Waals surface area contributed by atoms with Gasteiger partial charge in [0, 0.05) is 44.7 Å². The molecule has 142 valence electrons. The van der Waals surface area contributed by atoms with Gasteiger partial charge in [-0.3, -0.25) is 9.36 Å². The third kappa shape index (κ3) is 4.50. The second-order valence-corrected chi connectivity index (χ2v) is 7.20. The number of hydrogen-bond donors (Lipinski definition) is 1. The molecule has 0 unspecified atom stereocenters. The van der Waals surface area contributed by atoms with Gasteiger partial charge in [0.15, 0.2) is 5.82 Å². The van der Waals surface area contributed by atoms with Crippen LogP contribution in [0.15, 0.2) is 35.3 Å². The van der Waals surface area contributed by atoms with Crippen molar-refractivity contribution >= 4 is 17.8 Å². The SMILES string of the molecule is CSN1CCN(c2nc(CCCO)cn(-c3ccc(C#N)cc3)c2=O)CC1. The van der Waals surface area contributed by atoms with Gasteiger partial charge in [0.05, 0.1) is 17.3 Å². The fourth-order valence-corrected chi connectivity index (χ4v) is 3.61. The molecule has 27 heavy (non-hydrogen) atoms. The molecule has 1 N–H and O–H groups in total. The third-order valence-corrected chi connectivity index (χ3v) is 5.48. The Kier molecular flexibility index (Phi) is 6.50. The molecule has 8 heteroatoms. The van der Waals surface area contributed by atoms with Crippen molar-refractivity contribution in [3.8, 4) is 11.8 Å². The van der Waals surface area contributed by atoms with Crippen LogP contribution in [0.25, 0.3) is 5.69 Å². The highest BCUT2D eigenvalue weighted by atomic mass is 32.2. The quantitative estimate of drug-likeness (QED) is 0.753. The summed E-state index contributed by atoms with van der Waals surface area (Å²) >= 11 is 1.71. The molecule has 0 aliphatic carbocycles. The highest BCUT2D eigenvalue weighted by Gasteiger charge is 2.21. The molecule has 3 rings (SSSR count). The molecular formula is C19H23N5O2S. The molecule has 0 radical (unpaired) electrons. The Morgan fingerprint density at radius 2 is 1.93 bits per heavy atom. The first-order chi connectivity index (χ1) is 13.2. The van der Waals surface area contributed by atoms with Gasteiger partial charge < -0.3 is 10.0 Å². The van der Waals surface area contributed by atoms with Crippen molar-refractivity contribution < 1.29 is 5.11 Å². The minimum atomic E-state index is -0.162. The van der Waals surface area contributed by atoms with E-state index in [1.807, 2.05) is 4.90 Å². The second kappa shape index (κ2) is 9.04. The summed E-state index contributed by atoms with van der Waals surface area (Å²) in [6.45, 7) is 3.33. The van der Waals surface area contributed by atoms with Crippen LogP contribution in [0.4, 0.5) is 5.82 Å². The first kappa shape index (κ1) is 19.4. The minimum Gasteiger partial charge on any atom is -0.396 e. The summed E-state index contributed by atoms with van der Waals surface area (Å²) in [4.78, 5) is 19.8. The zero-order chi connectivity index (χ0) is 19.2. The Hall–Kier alpha value is -2.34. The van der Waals surface area contributed by atoms with Gasteiger partial charge in [-0.15, -0.1) is 0 Å². The topological polar surface area (TPSA) is 85.4 Å². The highest BCUT2D eigenvalue weighted by molar-refractivity contribution is 7.96. The maximum Gasteiger partial charge on any atom is 0.298 e. The number of hydrogen-bond acceptors (Lipinski definition) is 7. The van der Waals surface area contributed by atoms with Crippen LogP contribution in [0.2, 0.25) is 0 Å². The van der Waals surface area contributed by atoms with Crippen LogP contribution < -0.4 is 10.5 Å². The standard InChI is InChI=1S/C19H23N5O2S/c1-27-23-10-8-22(9-11-23)18-19(26)24(14-16(21-18)3-2-12-25)17-6-4-15(13-20)5-7-17/h4-7,14,25H,2-3,8-12H2,1H3. The van der Waals surface area contributed by atoms with E-state index in [1.165, 1.54) is 0 Å². The van der Waals surface area contributed by atoms with E-state index in [0.717, 1.165) is 31.9 Å². The van der Waals surface area contributed by atoms with Gasteiger partial charge in [-0.2, -0.15) is 5.26 Å². The minimum absolute atomic E-state index is 0.0827. The molecule has 1 aromatic carbocycles. The summed E-state index contributed by atoms with van der Waals surface area (Å²) in [5.74, 6) is 0.454. The van der Waals surface area contributed by atoms with Crippen molar-refractivity contribution in [2.24, 2.45) is 0 Å². The predicted octanol–water partition coefficient (Wildman–Crippen LogP) is 1.43. The van der Waals surface area contributed by atoms with E-state index in [4.69, 9.17) is 10.4 Å². The molecule has 0 bridgehead atoms. The molecule has 2 aromatic rings. The van der Waals surface area contributed by atoms with Crippen LogP contribution in [0.5, 0.6) is 0 Å². The summed E-state index contributed by atoms with van der Waals surface area (Å²) in [5, 5.41) is 18.1. The number of nitriles is 1. The molecule has 2 heterocycles. The van der Waals surface area contributed by atoms with E-state index >= 15 is 0 Å². The summed E-state index contributed by atoms with van der Waals surface area (Å²) in [7, 11) is 0. The summed E-state index contributed by atoms with van der Waals surface area (Å²) in [5.41, 5.74) is 1.87. The number of aryl methyl sites for hydroxylation is 1. The van der Waals surface area contributed by atoms with Crippen LogP contribution in [-0.2, 0) is 6.42 Å². The van der Waals surface area contributed by atoms with E-state index in [-0.39, 0.29) is 12.2 Å². The molecule has 0 spiro atoms. The van der Waals surface area contributed by atoms with Gasteiger partial charge >= 0.3 is 0 Å². The summed E-state index contributed by atoms with van der Waals surface area (Å²) in [6, 6.07) is 9.03. The fourth-order valence-electron chi connectivity index (χ4n) is 3.09. The molecule has 0 amide bonds. The Morgan fingerprint density at radius 3 is 2.52 bits per heavy atom. The maximum atomic E-state index is 13.1. The van der Waals surface area contributed by atoms with Crippen molar-refractivity contribution in [2.45, 2.75) is 12.8 Å². The van der Waals surface area contributed by atoms with Crippen molar-refractivity contribution in [1.82, 2.24) is 13.9 Å². The smallest absolute Gasteiger partial charge is 0.298 e. The van der Waals surface area contributed by atoms with E-state index in [0.29, 0.717) is 29.9 Å². The molecule has 0 atom stereocenters. The van der Waals surface area contributed by atoms with Crippen LogP contribution in [-0.4, -0.2) is 58.0 Å². The molecule has 1 aliphatic rings. The number of rotatable bonds is 6. The number of benzene rings is 1. The average molecular weight is 385 g/mol. The Balaban J connectivity index is 1.99. The first-order valence-corrected chi connectivity index (χ1v) is 10.1. The van der Waals surface area contributed by atoms with E-state index in [9.17, 15) is 4.79 Å². The van der Waals surface area contributed by atoms with Gasteiger partial charge in [0.1, 0.15) is 0 Å². The summed E-state index contributed by atoms with van der Waals surface area (Å²) < 4.78 is 3.86. The van der Waals surface area contributed by atoms with Crippen LogP contribution in [0.1, 0.15) is 17.7 Å². The molecule has 7 nitrogen and oxygen atoms in total. The van der Waals surface area contributed by atoms with Crippen molar-refractivity contribution in [1.29, 1.82) is 5.26 Å². The van der Waals surface area contributed by atoms with Gasteiger partial charge in [0.25, 0.3) is 5.56 Å². The largest absolute Gasteiger partial charge is 0.396 e. The molecule has 1 saturated heterocycles. The number of aliphatic hydroxyl groups excluding tert-OH is 1. The van der Waals surface area contributed by atoms with E-state index < -0.39 is 0 Å². The lowest BCUT2D eigenvalue weighted by atomic mass is 10.2. The lowest BCUT2D eigenvalue weighted by Gasteiger charge is -2.33. The lowest BCUT2D eigenvalue weighted by molar-refractivity contribution is 0.288. The lowest BCUT2D eigenvalue weighted by Crippen LogP contribution is -2.46. The van der Waals surface area contributed by atoms with Crippen LogP contribution in [0, 0.1) is 11.3 Å². The highest BCUT2D eigenvalue weighted by Crippen LogP contribution is 2.16. The van der Waals surface area contributed by atoms with E-state index in [2.05, 4.69) is 21.6 Å². The number of nitrogens with zero attached hydrogens (tertiary/aromatic N) is 5. The number of aromatic nitrogens is 2. The molecule has 0 saturated carbocycles. The fraction of sp³-hybridized carbons (Fsp3) is 0.421. The third-order valence-electron chi connectivity index (χ3n) is 4.60. The zero-order valence-electron chi connectivity index (χ0n) is 15.3. The Morgan fingerprint density at radius 1 is 1.22 bits per heavy atom. The molecule has 1 aromatic heterocycles. The normalized spacial score (nSPS) is 14.9. The monoisotopic (exact) mass is 385 g/mol. The second-order valence-electron chi connectivity index (χ2n) is 6.32.